The molecule has 0 unspecified atom stereocenters. The van der Waals surface area contributed by atoms with Crippen LogP contribution in [-0.2, 0) is 8.03 Å². The fourth-order valence-corrected chi connectivity index (χ4v) is 5.68. The number of rotatable bonds is 3. The summed E-state index contributed by atoms with van der Waals surface area (Å²) in [4.78, 5) is 11.2. The summed E-state index contributed by atoms with van der Waals surface area (Å²) in [6.45, 7) is 0. The van der Waals surface area contributed by atoms with Crippen LogP contribution in [-0.4, -0.2) is 5.97 Å². The average Bonchev–Trinajstić information content (AvgIpc) is 2.15. The van der Waals surface area contributed by atoms with Crippen molar-refractivity contribution in [3.63, 3.8) is 0 Å². The maximum atomic E-state index is 11.2. The molecule has 0 spiro atoms. The Bertz CT molecular complexity index is 477. The molecule has 1 rings (SSSR count). The van der Waals surface area contributed by atoms with Crippen LogP contribution in [0.2, 0.25) is 0 Å². The lowest BCUT2D eigenvalue weighted by molar-refractivity contribution is -0.299. The van der Waals surface area contributed by atoms with Gasteiger partial charge in [-0.25, -0.2) is 0 Å². The number of hydrogen-bond acceptors (Lipinski definition) is 2. The highest BCUT2D eigenvalue weighted by molar-refractivity contribution is 9.28. The van der Waals surface area contributed by atoms with E-state index in [1.807, 2.05) is 18.2 Å². The third-order valence-electron chi connectivity index (χ3n) is 1.92. The molecule has 0 saturated carbocycles. The number of carbonyl (C=O) groups is 1. The predicted molar refractivity (Wildman–Crippen MR) is 83.6 cm³/mol. The van der Waals surface area contributed by atoms with E-state index in [0.29, 0.717) is 3.39 Å². The number of benzene rings is 1. The van der Waals surface area contributed by atoms with Gasteiger partial charge in [-0.1, -0.05) is 66.0 Å². The quantitative estimate of drug-likeness (QED) is 0.416. The topological polar surface area (TPSA) is 40.1 Å². The van der Waals surface area contributed by atoms with Crippen LogP contribution in [0.4, 0.5) is 0 Å². The molecule has 92 valence electrons. The Morgan fingerprint density at radius 3 is 2.12 bits per heavy atom. The average molecular weight is 556 g/mol. The lowest BCUT2D eigenvalue weighted by Crippen LogP contribution is -2.32. The first-order chi connectivity index (χ1) is 7.78. The van der Waals surface area contributed by atoms with Crippen LogP contribution in [0.25, 0.3) is 0 Å². The Morgan fingerprint density at radius 2 is 1.71 bits per heavy atom. The molecule has 0 fully saturated rings. The molecule has 1 aromatic carbocycles. The summed E-state index contributed by atoms with van der Waals surface area (Å²) in [5, 5.41) is 11.2. The van der Waals surface area contributed by atoms with Gasteiger partial charge >= 0.3 is 0 Å². The Balaban J connectivity index is 3.43. The zero-order valence-corrected chi connectivity index (χ0v) is 15.9. The van der Waals surface area contributed by atoms with Crippen molar-refractivity contribution in [3.8, 4) is 0 Å². The van der Waals surface area contributed by atoms with Crippen molar-refractivity contribution in [3.05, 3.63) is 43.3 Å². The minimum atomic E-state index is -1.29. The highest BCUT2D eigenvalue weighted by Crippen LogP contribution is 2.49. The molecule has 0 aliphatic rings. The number of carboxylic acid groups (broad SMARTS) is 1. The van der Waals surface area contributed by atoms with Gasteiger partial charge in [-0.05, 0) is 43.5 Å². The number of alkyl halides is 2. The molecule has 7 heteroatoms. The van der Waals surface area contributed by atoms with E-state index in [1.165, 1.54) is 0 Å². The van der Waals surface area contributed by atoms with E-state index < -0.39 is 9.20 Å². The van der Waals surface area contributed by atoms with Gasteiger partial charge in [0.1, 0.15) is 3.23 Å². The van der Waals surface area contributed by atoms with Crippen molar-refractivity contribution < 1.29 is 9.90 Å². The van der Waals surface area contributed by atoms with E-state index >= 15 is 0 Å². The third kappa shape index (κ3) is 3.65. The third-order valence-corrected chi connectivity index (χ3v) is 5.05. The molecule has 0 radical (unpaired) electrons. The molecule has 0 N–H and O–H groups in total. The van der Waals surface area contributed by atoms with Gasteiger partial charge in [-0.3, -0.25) is 0 Å². The molecule has 0 heterocycles. The number of aliphatic carboxylic acids is 1. The fourth-order valence-electron chi connectivity index (χ4n) is 1.17. The van der Waals surface area contributed by atoms with E-state index in [-0.39, 0.29) is 5.57 Å². The van der Waals surface area contributed by atoms with Gasteiger partial charge in [0.25, 0.3) is 0 Å². The molecule has 2 nitrogen and oxygen atoms in total. The summed E-state index contributed by atoms with van der Waals surface area (Å²) in [5.74, 6) is -1.29. The second-order valence-electron chi connectivity index (χ2n) is 2.98. The minimum Gasteiger partial charge on any atom is -0.545 e. The summed E-state index contributed by atoms with van der Waals surface area (Å²) in [6.07, 6.45) is 0. The smallest absolute Gasteiger partial charge is 0.135 e. The number of hydrogen-bond donors (Lipinski definition) is 0. The summed E-state index contributed by atoms with van der Waals surface area (Å²) in [6, 6.07) is 7.27. The number of carboxylic acids is 1. The normalized spacial score (nSPS) is 11.1. The van der Waals surface area contributed by atoms with Crippen molar-refractivity contribution >= 4 is 85.6 Å². The summed E-state index contributed by atoms with van der Waals surface area (Å²) in [5.41, 5.74) is 0.722. The second-order valence-corrected chi connectivity index (χ2v) is 9.92. The standard InChI is InChI=1S/C10H5Br5O2/c11-6-4-2-1-3-5(6)10(14,15)7(8(12)13)9(16)17/h1-4H,(H,16,17)/p-1. The molecular formula is C10H4Br5O2-. The van der Waals surface area contributed by atoms with Crippen LogP contribution in [0.5, 0.6) is 0 Å². The summed E-state index contributed by atoms with van der Waals surface area (Å²) in [7, 11) is 0. The van der Waals surface area contributed by atoms with E-state index in [0.717, 1.165) is 10.0 Å². The molecule has 17 heavy (non-hydrogen) atoms. The minimum absolute atomic E-state index is 0.00407. The van der Waals surface area contributed by atoms with Crippen LogP contribution < -0.4 is 5.11 Å². The van der Waals surface area contributed by atoms with Gasteiger partial charge in [0.2, 0.25) is 0 Å². The zero-order chi connectivity index (χ0) is 13.2. The van der Waals surface area contributed by atoms with Crippen molar-refractivity contribution in [1.82, 2.24) is 0 Å². The largest absolute Gasteiger partial charge is 0.545 e. The molecule has 0 bridgehead atoms. The van der Waals surface area contributed by atoms with Crippen molar-refractivity contribution in [2.45, 2.75) is 3.23 Å². The maximum Gasteiger partial charge on any atom is 0.135 e. The Hall–Kier alpha value is 0.830. The molecule has 1 aromatic rings. The molecule has 0 aliphatic carbocycles. The summed E-state index contributed by atoms with van der Waals surface area (Å²) < 4.78 is 0.0182. The molecule has 0 saturated heterocycles. The zero-order valence-electron chi connectivity index (χ0n) is 8.02. The van der Waals surface area contributed by atoms with Crippen LogP contribution in [0.1, 0.15) is 5.56 Å². The predicted octanol–water partition coefficient (Wildman–Crippen LogP) is 4.14. The Morgan fingerprint density at radius 1 is 1.18 bits per heavy atom. The number of halogens is 5. The molecule has 0 amide bonds. The van der Waals surface area contributed by atoms with Gasteiger partial charge in [-0.15, -0.1) is 0 Å². The van der Waals surface area contributed by atoms with E-state index in [1.54, 1.807) is 6.07 Å². The van der Waals surface area contributed by atoms with Gasteiger partial charge in [0, 0.05) is 10.0 Å². The van der Waals surface area contributed by atoms with Crippen molar-refractivity contribution in [1.29, 1.82) is 0 Å². The van der Waals surface area contributed by atoms with Gasteiger partial charge in [0.15, 0.2) is 0 Å². The molecular weight excluding hydrogens is 552 g/mol. The Kier molecular flexibility index (Phi) is 5.91. The first kappa shape index (κ1) is 15.9. The van der Waals surface area contributed by atoms with Crippen molar-refractivity contribution in [2.75, 3.05) is 0 Å². The fraction of sp³-hybridized carbons (Fsp3) is 0.100. The summed E-state index contributed by atoms with van der Waals surface area (Å²) >= 11 is 16.3. The first-order valence-electron chi connectivity index (χ1n) is 4.18. The van der Waals surface area contributed by atoms with Gasteiger partial charge < -0.3 is 9.90 Å². The lowest BCUT2D eigenvalue weighted by atomic mass is 10.1. The van der Waals surface area contributed by atoms with Gasteiger partial charge in [0.05, 0.1) is 9.36 Å². The van der Waals surface area contributed by atoms with Crippen LogP contribution in [0, 0.1) is 0 Å². The van der Waals surface area contributed by atoms with E-state index in [4.69, 9.17) is 0 Å². The first-order valence-corrected chi connectivity index (χ1v) is 8.15. The number of carbonyl (C=O) groups excluding carboxylic acids is 1. The van der Waals surface area contributed by atoms with Crippen LogP contribution in [0.15, 0.2) is 37.7 Å². The molecule has 0 aliphatic heterocycles. The van der Waals surface area contributed by atoms with E-state index in [2.05, 4.69) is 79.6 Å². The highest BCUT2D eigenvalue weighted by Gasteiger charge is 2.34. The highest BCUT2D eigenvalue weighted by atomic mass is 79.9. The SMILES string of the molecule is O=C([O-])C(=C(Br)Br)C(Br)(Br)c1ccccc1Br. The second kappa shape index (κ2) is 6.32. The van der Waals surface area contributed by atoms with Crippen LogP contribution >= 0.6 is 79.6 Å². The monoisotopic (exact) mass is 551 g/mol. The van der Waals surface area contributed by atoms with Crippen LogP contribution in [0.3, 0.4) is 0 Å². The molecule has 0 aromatic heterocycles. The Labute approximate surface area is 140 Å². The van der Waals surface area contributed by atoms with Gasteiger partial charge in [-0.2, -0.15) is 0 Å². The lowest BCUT2D eigenvalue weighted by Gasteiger charge is -2.26. The van der Waals surface area contributed by atoms with E-state index in [9.17, 15) is 9.90 Å². The van der Waals surface area contributed by atoms with Crippen molar-refractivity contribution in [2.24, 2.45) is 0 Å². The molecule has 0 atom stereocenters. The maximum absolute atomic E-state index is 11.2.